The summed E-state index contributed by atoms with van der Waals surface area (Å²) in [5.74, 6) is 0.502. The molecule has 1 aliphatic rings. The molecule has 0 aromatic heterocycles. The van der Waals surface area contributed by atoms with Gasteiger partial charge in [-0.15, -0.1) is 0 Å². The molecular weight excluding hydrogens is 348 g/mol. The van der Waals surface area contributed by atoms with Crippen molar-refractivity contribution >= 4 is 21.4 Å². The van der Waals surface area contributed by atoms with Gasteiger partial charge in [-0.05, 0) is 43.0 Å². The number of piperidine rings is 1. The zero-order valence-electron chi connectivity index (χ0n) is 14.9. The topological polar surface area (TPSA) is 66.5 Å². The van der Waals surface area contributed by atoms with Gasteiger partial charge in [0.25, 0.3) is 5.91 Å². The summed E-state index contributed by atoms with van der Waals surface area (Å²) in [5, 5.41) is 3.28. The third-order valence-corrected chi connectivity index (χ3v) is 5.95. The van der Waals surface area contributed by atoms with E-state index in [0.29, 0.717) is 23.0 Å². The van der Waals surface area contributed by atoms with Crippen LogP contribution in [0.4, 0.5) is 5.69 Å². The van der Waals surface area contributed by atoms with Gasteiger partial charge in [0, 0.05) is 31.5 Å². The molecule has 26 heavy (non-hydrogen) atoms. The molecule has 0 spiro atoms. The molecule has 6 heteroatoms. The first-order valence-electron chi connectivity index (χ1n) is 8.82. The molecule has 1 fully saturated rings. The molecular formula is C20H24N2O3S. The molecule has 1 heterocycles. The molecule has 3 rings (SSSR count). The van der Waals surface area contributed by atoms with Gasteiger partial charge < -0.3 is 10.2 Å². The number of likely N-dealkylation sites (tertiary alicyclic amines) is 1. The van der Waals surface area contributed by atoms with Gasteiger partial charge in [-0.1, -0.05) is 30.3 Å². The number of para-hydroxylation sites is 1. The van der Waals surface area contributed by atoms with E-state index in [2.05, 4.69) is 5.32 Å². The summed E-state index contributed by atoms with van der Waals surface area (Å²) in [6.07, 6.45) is 3.04. The Balaban J connectivity index is 1.55. The summed E-state index contributed by atoms with van der Waals surface area (Å²) in [5.41, 5.74) is 1.38. The van der Waals surface area contributed by atoms with Gasteiger partial charge >= 0.3 is 0 Å². The SMILES string of the molecule is CS(=O)(=O)c1ccccc1NCC1CCN(C(=O)c2ccccc2)CC1. The van der Waals surface area contributed by atoms with E-state index in [9.17, 15) is 13.2 Å². The summed E-state index contributed by atoms with van der Waals surface area (Å²) in [7, 11) is -3.25. The van der Waals surface area contributed by atoms with Crippen LogP contribution in [0, 0.1) is 5.92 Å². The van der Waals surface area contributed by atoms with Crippen molar-refractivity contribution in [1.29, 1.82) is 0 Å². The van der Waals surface area contributed by atoms with Gasteiger partial charge in [0.05, 0.1) is 10.6 Å². The van der Waals surface area contributed by atoms with Crippen molar-refractivity contribution in [2.45, 2.75) is 17.7 Å². The first kappa shape index (κ1) is 18.5. The minimum absolute atomic E-state index is 0.0828. The summed E-state index contributed by atoms with van der Waals surface area (Å²) in [6.45, 7) is 2.17. The highest BCUT2D eigenvalue weighted by Gasteiger charge is 2.23. The van der Waals surface area contributed by atoms with Crippen LogP contribution in [0.3, 0.4) is 0 Å². The predicted octanol–water partition coefficient (Wildman–Crippen LogP) is 3.05. The number of amides is 1. The van der Waals surface area contributed by atoms with Gasteiger partial charge in [-0.3, -0.25) is 4.79 Å². The van der Waals surface area contributed by atoms with E-state index < -0.39 is 9.84 Å². The van der Waals surface area contributed by atoms with E-state index >= 15 is 0 Å². The van der Waals surface area contributed by atoms with Gasteiger partial charge in [-0.25, -0.2) is 8.42 Å². The van der Waals surface area contributed by atoms with Crippen LogP contribution in [-0.2, 0) is 9.84 Å². The normalized spacial score (nSPS) is 15.7. The maximum absolute atomic E-state index is 12.5. The molecule has 2 aromatic carbocycles. The molecule has 0 saturated carbocycles. The molecule has 5 nitrogen and oxygen atoms in total. The maximum Gasteiger partial charge on any atom is 0.253 e. The lowest BCUT2D eigenvalue weighted by atomic mass is 9.96. The Labute approximate surface area is 154 Å². The van der Waals surface area contributed by atoms with Crippen LogP contribution in [0.15, 0.2) is 59.5 Å². The summed E-state index contributed by atoms with van der Waals surface area (Å²) in [6, 6.07) is 16.3. The standard InChI is InChI=1S/C20H24N2O3S/c1-26(24,25)19-10-6-5-9-18(19)21-15-16-11-13-22(14-12-16)20(23)17-7-3-2-4-8-17/h2-10,16,21H,11-15H2,1H3. The molecule has 2 aromatic rings. The monoisotopic (exact) mass is 372 g/mol. The molecule has 0 unspecified atom stereocenters. The van der Waals surface area contributed by atoms with E-state index in [-0.39, 0.29) is 5.91 Å². The number of sulfone groups is 1. The number of carbonyl (C=O) groups is 1. The Bertz CT molecular complexity index is 858. The Morgan fingerprint density at radius 2 is 1.65 bits per heavy atom. The number of rotatable bonds is 5. The lowest BCUT2D eigenvalue weighted by Crippen LogP contribution is -2.39. The molecule has 1 aliphatic heterocycles. The third-order valence-electron chi connectivity index (χ3n) is 4.79. The van der Waals surface area contributed by atoms with Crippen molar-refractivity contribution < 1.29 is 13.2 Å². The van der Waals surface area contributed by atoms with Crippen LogP contribution in [0.1, 0.15) is 23.2 Å². The Morgan fingerprint density at radius 1 is 1.04 bits per heavy atom. The van der Waals surface area contributed by atoms with Crippen LogP contribution in [-0.4, -0.2) is 45.1 Å². The summed E-state index contributed by atoms with van der Waals surface area (Å²) < 4.78 is 23.7. The third kappa shape index (κ3) is 4.43. The second kappa shape index (κ2) is 7.91. The highest BCUT2D eigenvalue weighted by Crippen LogP contribution is 2.23. The van der Waals surface area contributed by atoms with Crippen LogP contribution < -0.4 is 5.32 Å². The molecule has 0 atom stereocenters. The first-order valence-corrected chi connectivity index (χ1v) is 10.7. The number of nitrogens with one attached hydrogen (secondary N) is 1. The number of anilines is 1. The second-order valence-corrected chi connectivity index (χ2v) is 8.73. The summed E-state index contributed by atoms with van der Waals surface area (Å²) >= 11 is 0. The molecule has 1 saturated heterocycles. The average Bonchev–Trinajstić information content (AvgIpc) is 2.66. The van der Waals surface area contributed by atoms with Crippen molar-refractivity contribution in [2.24, 2.45) is 5.92 Å². The predicted molar refractivity (Wildman–Crippen MR) is 103 cm³/mol. The van der Waals surface area contributed by atoms with Crippen LogP contribution >= 0.6 is 0 Å². The van der Waals surface area contributed by atoms with E-state index in [4.69, 9.17) is 0 Å². The van der Waals surface area contributed by atoms with Crippen molar-refractivity contribution in [2.75, 3.05) is 31.2 Å². The zero-order chi connectivity index (χ0) is 18.6. The van der Waals surface area contributed by atoms with Gasteiger partial charge in [-0.2, -0.15) is 0 Å². The molecule has 138 valence electrons. The van der Waals surface area contributed by atoms with E-state index in [1.54, 1.807) is 18.2 Å². The second-order valence-electron chi connectivity index (χ2n) is 6.75. The molecule has 0 aliphatic carbocycles. The van der Waals surface area contributed by atoms with E-state index in [0.717, 1.165) is 31.5 Å². The number of benzene rings is 2. The van der Waals surface area contributed by atoms with Gasteiger partial charge in [0.1, 0.15) is 0 Å². The molecule has 0 bridgehead atoms. The van der Waals surface area contributed by atoms with Crippen molar-refractivity contribution in [3.63, 3.8) is 0 Å². The summed E-state index contributed by atoms with van der Waals surface area (Å²) in [4.78, 5) is 14.7. The number of hydrogen-bond acceptors (Lipinski definition) is 4. The average molecular weight is 372 g/mol. The molecule has 0 radical (unpaired) electrons. The fraction of sp³-hybridized carbons (Fsp3) is 0.350. The van der Waals surface area contributed by atoms with Crippen molar-refractivity contribution in [3.8, 4) is 0 Å². The first-order chi connectivity index (χ1) is 12.4. The largest absolute Gasteiger partial charge is 0.384 e. The van der Waals surface area contributed by atoms with Crippen LogP contribution in [0.2, 0.25) is 0 Å². The van der Waals surface area contributed by atoms with Gasteiger partial charge in [0.15, 0.2) is 9.84 Å². The molecule has 1 N–H and O–H groups in total. The lowest BCUT2D eigenvalue weighted by Gasteiger charge is -2.32. The highest BCUT2D eigenvalue weighted by molar-refractivity contribution is 7.90. The lowest BCUT2D eigenvalue weighted by molar-refractivity contribution is 0.0695. The van der Waals surface area contributed by atoms with Crippen LogP contribution in [0.25, 0.3) is 0 Å². The number of carbonyl (C=O) groups excluding carboxylic acids is 1. The maximum atomic E-state index is 12.5. The minimum atomic E-state index is -3.25. The zero-order valence-corrected chi connectivity index (χ0v) is 15.7. The van der Waals surface area contributed by atoms with Crippen LogP contribution in [0.5, 0.6) is 0 Å². The minimum Gasteiger partial charge on any atom is -0.384 e. The van der Waals surface area contributed by atoms with Crippen molar-refractivity contribution in [3.05, 3.63) is 60.2 Å². The van der Waals surface area contributed by atoms with E-state index in [1.807, 2.05) is 41.3 Å². The number of nitrogens with zero attached hydrogens (tertiary/aromatic N) is 1. The quantitative estimate of drug-likeness (QED) is 0.876. The van der Waals surface area contributed by atoms with E-state index in [1.165, 1.54) is 6.26 Å². The highest BCUT2D eigenvalue weighted by atomic mass is 32.2. The Morgan fingerprint density at radius 3 is 2.31 bits per heavy atom. The fourth-order valence-electron chi connectivity index (χ4n) is 3.29. The number of hydrogen-bond donors (Lipinski definition) is 1. The van der Waals surface area contributed by atoms with Gasteiger partial charge in [0.2, 0.25) is 0 Å². The fourth-order valence-corrected chi connectivity index (χ4v) is 4.16. The molecule has 1 amide bonds. The Hall–Kier alpha value is -2.34. The smallest absolute Gasteiger partial charge is 0.253 e. The Kier molecular flexibility index (Phi) is 5.61. The van der Waals surface area contributed by atoms with Crippen molar-refractivity contribution in [1.82, 2.24) is 4.90 Å².